The number of benzene rings is 1. The topological polar surface area (TPSA) is 110 Å². The van der Waals surface area contributed by atoms with Crippen LogP contribution in [-0.4, -0.2) is 38.1 Å². The molecule has 286 valence electrons. The first-order valence-electron chi connectivity index (χ1n) is 20.0. The van der Waals surface area contributed by atoms with Crippen LogP contribution in [0.4, 0.5) is 0 Å². The van der Waals surface area contributed by atoms with Crippen molar-refractivity contribution in [2.75, 3.05) is 13.2 Å². The SMILES string of the molecule is CCCC/C=C/CCCCCCCCCCCOC(=O)c1ccc(S(=O)(=O)[O-])cc1C(=O)OCCCCCCCCCCC/C=C/CCCC.[K+]. The quantitative estimate of drug-likeness (QED) is 0.0231. The van der Waals surface area contributed by atoms with Crippen molar-refractivity contribution in [2.24, 2.45) is 0 Å². The average molecular weight is 757 g/mol. The van der Waals surface area contributed by atoms with E-state index in [9.17, 15) is 22.6 Å². The second-order valence-corrected chi connectivity index (χ2v) is 15.0. The number of unbranched alkanes of at least 4 members (excludes halogenated alkanes) is 22. The summed E-state index contributed by atoms with van der Waals surface area (Å²) in [5, 5.41) is 0. The van der Waals surface area contributed by atoms with E-state index in [0.29, 0.717) is 12.8 Å². The minimum atomic E-state index is -4.81. The smallest absolute Gasteiger partial charge is 0.744 e. The second-order valence-electron chi connectivity index (χ2n) is 13.6. The number of carbonyl (C=O) groups is 2. The number of hydrogen-bond donors (Lipinski definition) is 0. The molecule has 1 rings (SSSR count). The molecule has 0 N–H and O–H groups in total. The van der Waals surface area contributed by atoms with Gasteiger partial charge in [0.2, 0.25) is 0 Å². The first-order chi connectivity index (χ1) is 24.3. The average Bonchev–Trinajstić information content (AvgIpc) is 3.10. The summed E-state index contributed by atoms with van der Waals surface area (Å²) in [7, 11) is -4.81. The van der Waals surface area contributed by atoms with Crippen LogP contribution >= 0.6 is 0 Å². The third kappa shape index (κ3) is 28.3. The zero-order valence-corrected chi connectivity index (χ0v) is 36.5. The van der Waals surface area contributed by atoms with Crippen molar-refractivity contribution in [1.82, 2.24) is 0 Å². The zero-order chi connectivity index (χ0) is 36.5. The van der Waals surface area contributed by atoms with Crippen molar-refractivity contribution in [2.45, 2.75) is 186 Å². The van der Waals surface area contributed by atoms with Crippen LogP contribution in [0, 0.1) is 0 Å². The Morgan fingerprint density at radius 2 is 0.863 bits per heavy atom. The summed E-state index contributed by atoms with van der Waals surface area (Å²) in [4.78, 5) is 25.1. The number of hydrogen-bond acceptors (Lipinski definition) is 7. The van der Waals surface area contributed by atoms with Gasteiger partial charge in [0.1, 0.15) is 10.1 Å². The number of ether oxygens (including phenoxy) is 2. The summed E-state index contributed by atoms with van der Waals surface area (Å²) in [5.41, 5.74) is -0.345. The monoisotopic (exact) mass is 756 g/mol. The maximum Gasteiger partial charge on any atom is 1.00 e. The van der Waals surface area contributed by atoms with Crippen LogP contribution < -0.4 is 51.4 Å². The first kappa shape index (κ1) is 50.2. The Hall–Kier alpha value is -0.814. The number of esters is 2. The van der Waals surface area contributed by atoms with Gasteiger partial charge in [-0.2, -0.15) is 0 Å². The molecule has 0 spiro atoms. The third-order valence-electron chi connectivity index (χ3n) is 9.00. The molecular formula is C42H69KO7S. The molecule has 51 heavy (non-hydrogen) atoms. The number of allylic oxidation sites excluding steroid dienone is 4. The van der Waals surface area contributed by atoms with Crippen LogP contribution in [0.2, 0.25) is 0 Å². The summed E-state index contributed by atoms with van der Waals surface area (Å²) < 4.78 is 45.6. The van der Waals surface area contributed by atoms with Gasteiger partial charge in [-0.15, -0.1) is 0 Å². The Labute approximate surface area is 354 Å². The minimum absolute atomic E-state index is 0. The molecule has 0 fully saturated rings. The molecule has 0 saturated carbocycles. The van der Waals surface area contributed by atoms with Crippen LogP contribution in [0.1, 0.15) is 202 Å². The van der Waals surface area contributed by atoms with Crippen LogP contribution in [0.25, 0.3) is 0 Å². The van der Waals surface area contributed by atoms with Gasteiger partial charge >= 0.3 is 63.3 Å². The van der Waals surface area contributed by atoms with Gasteiger partial charge in [-0.25, -0.2) is 18.0 Å². The molecule has 0 atom stereocenters. The normalized spacial score (nSPS) is 11.7. The molecular weight excluding hydrogens is 688 g/mol. The Balaban J connectivity index is 0.0000250. The van der Waals surface area contributed by atoms with Gasteiger partial charge in [-0.1, -0.05) is 154 Å². The molecule has 0 aliphatic rings. The summed E-state index contributed by atoms with van der Waals surface area (Å²) >= 11 is 0. The summed E-state index contributed by atoms with van der Waals surface area (Å²) in [6.45, 7) is 4.80. The third-order valence-corrected chi connectivity index (χ3v) is 9.83. The van der Waals surface area contributed by atoms with Gasteiger partial charge < -0.3 is 14.0 Å². The molecule has 0 heterocycles. The van der Waals surface area contributed by atoms with Crippen LogP contribution in [0.15, 0.2) is 47.4 Å². The zero-order valence-electron chi connectivity index (χ0n) is 32.6. The fraction of sp³-hybridized carbons (Fsp3) is 0.714. The van der Waals surface area contributed by atoms with Crippen LogP contribution in [0.3, 0.4) is 0 Å². The second kappa shape index (κ2) is 34.9. The van der Waals surface area contributed by atoms with Crippen LogP contribution in [0.5, 0.6) is 0 Å². The molecule has 0 aromatic heterocycles. The van der Waals surface area contributed by atoms with E-state index >= 15 is 0 Å². The predicted molar refractivity (Wildman–Crippen MR) is 205 cm³/mol. The van der Waals surface area contributed by atoms with E-state index in [-0.39, 0.29) is 75.7 Å². The Morgan fingerprint density at radius 1 is 0.529 bits per heavy atom. The number of rotatable bonds is 33. The van der Waals surface area contributed by atoms with Gasteiger partial charge in [-0.3, -0.25) is 0 Å². The van der Waals surface area contributed by atoms with Crippen molar-refractivity contribution in [3.8, 4) is 0 Å². The number of carbonyl (C=O) groups excluding carboxylic acids is 2. The summed E-state index contributed by atoms with van der Waals surface area (Å²) in [6.07, 6.45) is 39.3. The van der Waals surface area contributed by atoms with Crippen LogP contribution in [-0.2, 0) is 19.6 Å². The summed E-state index contributed by atoms with van der Waals surface area (Å²) in [6, 6.07) is 3.12. The molecule has 0 unspecified atom stereocenters. The molecule has 0 saturated heterocycles. The molecule has 7 nitrogen and oxygen atoms in total. The van der Waals surface area contributed by atoms with Gasteiger partial charge in [0.05, 0.1) is 29.2 Å². The van der Waals surface area contributed by atoms with E-state index in [1.165, 1.54) is 116 Å². The maximum absolute atomic E-state index is 12.9. The molecule has 0 aliphatic carbocycles. The van der Waals surface area contributed by atoms with E-state index in [2.05, 4.69) is 38.2 Å². The molecule has 0 bridgehead atoms. The molecule has 1 aromatic carbocycles. The van der Waals surface area contributed by atoms with E-state index in [1.54, 1.807) is 0 Å². The summed E-state index contributed by atoms with van der Waals surface area (Å²) in [5.74, 6) is -1.55. The van der Waals surface area contributed by atoms with Crippen molar-refractivity contribution in [3.05, 3.63) is 53.6 Å². The van der Waals surface area contributed by atoms with Crippen molar-refractivity contribution in [1.29, 1.82) is 0 Å². The van der Waals surface area contributed by atoms with Crippen molar-refractivity contribution in [3.63, 3.8) is 0 Å². The Kier molecular flexibility index (Phi) is 34.4. The van der Waals surface area contributed by atoms with E-state index in [4.69, 9.17) is 9.47 Å². The predicted octanol–water partition coefficient (Wildman–Crippen LogP) is 9.20. The maximum atomic E-state index is 12.9. The van der Waals surface area contributed by atoms with E-state index < -0.39 is 27.0 Å². The molecule has 0 radical (unpaired) electrons. The molecule has 9 heteroatoms. The molecule has 0 aliphatic heterocycles. The largest absolute Gasteiger partial charge is 1.00 e. The van der Waals surface area contributed by atoms with Gasteiger partial charge in [0, 0.05) is 0 Å². The van der Waals surface area contributed by atoms with E-state index in [1.807, 2.05) is 0 Å². The Morgan fingerprint density at radius 3 is 1.24 bits per heavy atom. The fourth-order valence-electron chi connectivity index (χ4n) is 5.83. The fourth-order valence-corrected chi connectivity index (χ4v) is 6.33. The molecule has 0 amide bonds. The van der Waals surface area contributed by atoms with Gasteiger partial charge in [0.25, 0.3) is 0 Å². The first-order valence-corrected chi connectivity index (χ1v) is 21.5. The van der Waals surface area contributed by atoms with Gasteiger partial charge in [0.15, 0.2) is 0 Å². The van der Waals surface area contributed by atoms with Crippen molar-refractivity contribution >= 4 is 22.1 Å². The Bertz CT molecular complexity index is 1180. The standard InChI is InChI=1S/C42H70O7S.K/c1-3-5-7-9-11-13-15-17-19-21-23-25-27-29-31-35-48-41(43)39-34-33-38(50(45,46)47)37-40(39)42(44)49-36-32-30-28-26-24-22-20-18-16-14-12-10-8-6-4-2;/h9-12,33-34,37H,3-8,13-32,35-36H2,1-2H3,(H,45,46,47);/q;+1/p-1/b11-9+,12-10+;. The van der Waals surface area contributed by atoms with Gasteiger partial charge in [-0.05, 0) is 69.6 Å². The van der Waals surface area contributed by atoms with E-state index in [0.717, 1.165) is 56.7 Å². The van der Waals surface area contributed by atoms with Crippen molar-refractivity contribution < 1.29 is 83.4 Å². The minimum Gasteiger partial charge on any atom is -0.744 e. The molecule has 1 aromatic rings.